The summed E-state index contributed by atoms with van der Waals surface area (Å²) < 4.78 is 5.20. The van der Waals surface area contributed by atoms with E-state index < -0.39 is 0 Å². The molecule has 0 saturated heterocycles. The molecule has 1 radical (unpaired) electrons. The van der Waals surface area contributed by atoms with Gasteiger partial charge in [-0.15, -0.1) is 0 Å². The molecule has 0 amide bonds. The van der Waals surface area contributed by atoms with Gasteiger partial charge in [0.25, 0.3) is 0 Å². The van der Waals surface area contributed by atoms with Gasteiger partial charge in [-0.05, 0) is 36.1 Å². The molecule has 0 aromatic heterocycles. The van der Waals surface area contributed by atoms with Gasteiger partial charge in [-0.1, -0.05) is 19.9 Å². The summed E-state index contributed by atoms with van der Waals surface area (Å²) in [6, 6.07) is 7.28. The second kappa shape index (κ2) is 4.15. The molecule has 1 rings (SSSR count). The SMILES string of the molecule is CCc1[c]cc(OC)c(CC)c1. The van der Waals surface area contributed by atoms with E-state index in [0.717, 1.165) is 18.6 Å². The summed E-state index contributed by atoms with van der Waals surface area (Å²) in [7, 11) is 1.70. The lowest BCUT2D eigenvalue weighted by atomic mass is 10.1. The number of hydrogen-bond acceptors (Lipinski definition) is 1. The first-order valence-corrected chi connectivity index (χ1v) is 4.39. The van der Waals surface area contributed by atoms with E-state index in [2.05, 4.69) is 26.0 Å². The van der Waals surface area contributed by atoms with E-state index in [0.29, 0.717) is 0 Å². The van der Waals surface area contributed by atoms with Crippen LogP contribution in [0.5, 0.6) is 5.75 Å². The van der Waals surface area contributed by atoms with Crippen LogP contribution in [-0.2, 0) is 12.8 Å². The summed E-state index contributed by atoms with van der Waals surface area (Å²) in [5, 5.41) is 0. The maximum Gasteiger partial charge on any atom is 0.122 e. The maximum atomic E-state index is 5.20. The van der Waals surface area contributed by atoms with E-state index in [1.54, 1.807) is 7.11 Å². The van der Waals surface area contributed by atoms with E-state index in [9.17, 15) is 0 Å². The first kappa shape index (κ1) is 9.11. The zero-order valence-corrected chi connectivity index (χ0v) is 7.98. The second-order valence-electron chi connectivity index (χ2n) is 2.76. The molecule has 1 nitrogen and oxygen atoms in total. The Hall–Kier alpha value is -0.980. The van der Waals surface area contributed by atoms with Gasteiger partial charge in [0.05, 0.1) is 7.11 Å². The van der Waals surface area contributed by atoms with E-state index in [1.807, 2.05) is 6.07 Å². The molecule has 0 unspecified atom stereocenters. The highest BCUT2D eigenvalue weighted by Crippen LogP contribution is 2.19. The standard InChI is InChI=1S/C11H15O/c1-4-9-6-7-11(12-3)10(5-2)8-9/h7-8H,4-5H2,1-3H3. The van der Waals surface area contributed by atoms with Gasteiger partial charge in [-0.2, -0.15) is 0 Å². The average Bonchev–Trinajstić information content (AvgIpc) is 2.16. The highest BCUT2D eigenvalue weighted by molar-refractivity contribution is 5.36. The van der Waals surface area contributed by atoms with Crippen LogP contribution in [0.3, 0.4) is 0 Å². The highest BCUT2D eigenvalue weighted by Gasteiger charge is 2.00. The number of methoxy groups -OCH3 is 1. The minimum atomic E-state index is 0.953. The molecule has 0 saturated carbocycles. The molecule has 0 heterocycles. The van der Waals surface area contributed by atoms with Crippen LogP contribution in [0.2, 0.25) is 0 Å². The summed E-state index contributed by atoms with van der Waals surface area (Å²) in [4.78, 5) is 0. The van der Waals surface area contributed by atoms with Crippen molar-refractivity contribution in [2.45, 2.75) is 26.7 Å². The summed E-state index contributed by atoms with van der Waals surface area (Å²) >= 11 is 0. The molecular weight excluding hydrogens is 148 g/mol. The summed E-state index contributed by atoms with van der Waals surface area (Å²) in [6.07, 6.45) is 2.06. The molecule has 0 fully saturated rings. The van der Waals surface area contributed by atoms with Crippen molar-refractivity contribution in [1.82, 2.24) is 0 Å². The van der Waals surface area contributed by atoms with Gasteiger partial charge < -0.3 is 4.74 Å². The zero-order chi connectivity index (χ0) is 8.97. The lowest BCUT2D eigenvalue weighted by Gasteiger charge is -2.07. The predicted octanol–water partition coefficient (Wildman–Crippen LogP) is 2.62. The number of aryl methyl sites for hydroxylation is 2. The van der Waals surface area contributed by atoms with Gasteiger partial charge in [0.2, 0.25) is 0 Å². The van der Waals surface area contributed by atoms with Crippen molar-refractivity contribution in [2.75, 3.05) is 7.11 Å². The van der Waals surface area contributed by atoms with Crippen molar-refractivity contribution < 1.29 is 4.74 Å². The molecule has 0 aliphatic heterocycles. The fourth-order valence-electron chi connectivity index (χ4n) is 1.24. The van der Waals surface area contributed by atoms with Crippen LogP contribution in [0.1, 0.15) is 25.0 Å². The van der Waals surface area contributed by atoms with E-state index >= 15 is 0 Å². The monoisotopic (exact) mass is 163 g/mol. The van der Waals surface area contributed by atoms with Crippen molar-refractivity contribution in [3.05, 3.63) is 29.3 Å². The van der Waals surface area contributed by atoms with Gasteiger partial charge in [0.1, 0.15) is 5.75 Å². The molecule has 65 valence electrons. The van der Waals surface area contributed by atoms with Crippen molar-refractivity contribution >= 4 is 0 Å². The van der Waals surface area contributed by atoms with Gasteiger partial charge in [-0.3, -0.25) is 0 Å². The number of ether oxygens (including phenoxy) is 1. The maximum absolute atomic E-state index is 5.20. The van der Waals surface area contributed by atoms with Gasteiger partial charge in [0.15, 0.2) is 0 Å². The zero-order valence-electron chi connectivity index (χ0n) is 7.98. The Balaban J connectivity index is 3.02. The van der Waals surface area contributed by atoms with Crippen molar-refractivity contribution in [3.63, 3.8) is 0 Å². The molecule has 0 spiro atoms. The minimum absolute atomic E-state index is 0.953. The molecule has 1 aromatic rings. The largest absolute Gasteiger partial charge is 0.496 e. The molecule has 0 aliphatic carbocycles. The fourth-order valence-corrected chi connectivity index (χ4v) is 1.24. The van der Waals surface area contributed by atoms with Crippen LogP contribution < -0.4 is 4.74 Å². The molecule has 0 N–H and O–H groups in total. The fraction of sp³-hybridized carbons (Fsp3) is 0.455. The summed E-state index contributed by atoms with van der Waals surface area (Å²) in [6.45, 7) is 4.27. The molecule has 0 atom stereocenters. The van der Waals surface area contributed by atoms with Crippen LogP contribution in [0.25, 0.3) is 0 Å². The Morgan fingerprint density at radius 3 is 2.58 bits per heavy atom. The topological polar surface area (TPSA) is 9.23 Å². The van der Waals surface area contributed by atoms with Crippen molar-refractivity contribution in [3.8, 4) is 5.75 Å². The lowest BCUT2D eigenvalue weighted by molar-refractivity contribution is 0.410. The van der Waals surface area contributed by atoms with Gasteiger partial charge in [-0.25, -0.2) is 0 Å². The molecule has 0 aliphatic rings. The molecule has 1 aromatic carbocycles. The second-order valence-corrected chi connectivity index (χ2v) is 2.76. The Bertz CT molecular complexity index is 253. The quantitative estimate of drug-likeness (QED) is 0.665. The smallest absolute Gasteiger partial charge is 0.122 e. The van der Waals surface area contributed by atoms with E-state index in [-0.39, 0.29) is 0 Å². The first-order valence-electron chi connectivity index (χ1n) is 4.39. The third-order valence-electron chi connectivity index (χ3n) is 2.04. The third-order valence-corrected chi connectivity index (χ3v) is 2.04. The number of benzene rings is 1. The van der Waals surface area contributed by atoms with Crippen molar-refractivity contribution in [2.24, 2.45) is 0 Å². The van der Waals surface area contributed by atoms with Crippen LogP contribution in [0.15, 0.2) is 12.1 Å². The number of rotatable bonds is 3. The Labute approximate surface area is 74.4 Å². The van der Waals surface area contributed by atoms with E-state index in [4.69, 9.17) is 4.74 Å². The Morgan fingerprint density at radius 1 is 1.33 bits per heavy atom. The van der Waals surface area contributed by atoms with Crippen LogP contribution in [-0.4, -0.2) is 7.11 Å². The Morgan fingerprint density at radius 2 is 2.08 bits per heavy atom. The van der Waals surface area contributed by atoms with Gasteiger partial charge >= 0.3 is 0 Å². The number of hydrogen-bond donors (Lipinski definition) is 0. The third kappa shape index (κ3) is 1.79. The van der Waals surface area contributed by atoms with E-state index in [1.165, 1.54) is 11.1 Å². The predicted molar refractivity (Wildman–Crippen MR) is 50.6 cm³/mol. The average molecular weight is 163 g/mol. The summed E-state index contributed by atoms with van der Waals surface area (Å²) in [5.74, 6) is 0.953. The van der Waals surface area contributed by atoms with Gasteiger partial charge in [0, 0.05) is 0 Å². The molecule has 0 bridgehead atoms. The Kier molecular flexibility index (Phi) is 3.15. The molecular formula is C11H15O. The normalized spacial score (nSPS) is 9.92. The lowest BCUT2D eigenvalue weighted by Crippen LogP contribution is -1.92. The molecule has 1 heteroatoms. The molecule has 12 heavy (non-hydrogen) atoms. The summed E-state index contributed by atoms with van der Waals surface area (Å²) in [5.41, 5.74) is 2.53. The first-order chi connectivity index (χ1) is 5.81. The highest BCUT2D eigenvalue weighted by atomic mass is 16.5. The van der Waals surface area contributed by atoms with Crippen LogP contribution in [0, 0.1) is 6.07 Å². The van der Waals surface area contributed by atoms with Crippen molar-refractivity contribution in [1.29, 1.82) is 0 Å². The van der Waals surface area contributed by atoms with Crippen LogP contribution >= 0.6 is 0 Å². The van der Waals surface area contributed by atoms with Crippen LogP contribution in [0.4, 0.5) is 0 Å². The minimum Gasteiger partial charge on any atom is -0.496 e.